The lowest BCUT2D eigenvalue weighted by atomic mass is 10.2. The Kier molecular flexibility index (Phi) is 3.50. The molecule has 2 N–H and O–H groups in total. The zero-order valence-electron chi connectivity index (χ0n) is 8.23. The summed E-state index contributed by atoms with van der Waals surface area (Å²) in [5.74, 6) is 0.679. The smallest absolute Gasteiger partial charge is 0.225 e. The van der Waals surface area contributed by atoms with Crippen molar-refractivity contribution >= 4 is 21.9 Å². The Morgan fingerprint density at radius 1 is 1.53 bits per heavy atom. The molecular formula is C9H13BrN4O. The number of aliphatic hydroxyl groups excluding tert-OH is 1. The van der Waals surface area contributed by atoms with Gasteiger partial charge in [0.2, 0.25) is 5.95 Å². The summed E-state index contributed by atoms with van der Waals surface area (Å²) in [5, 5.41) is 12.5. The molecule has 0 aromatic carbocycles. The average Bonchev–Trinajstić information content (AvgIpc) is 2.30. The standard InChI is InChI=1S/C9H13BrN4O/c10-7-3-12-9(13-4-7)14-2-1-11-5-8(14)6-15/h3-4,8,11,15H,1-2,5-6H2. The van der Waals surface area contributed by atoms with Crippen molar-refractivity contribution in [1.82, 2.24) is 15.3 Å². The third-order valence-corrected chi connectivity index (χ3v) is 2.83. The van der Waals surface area contributed by atoms with E-state index in [0.29, 0.717) is 5.95 Å². The van der Waals surface area contributed by atoms with Gasteiger partial charge < -0.3 is 15.3 Å². The summed E-state index contributed by atoms with van der Waals surface area (Å²) < 4.78 is 0.863. The number of nitrogens with zero attached hydrogens (tertiary/aromatic N) is 3. The Hall–Kier alpha value is -0.720. The van der Waals surface area contributed by atoms with E-state index in [9.17, 15) is 5.11 Å². The predicted octanol–water partition coefficient (Wildman–Crippen LogP) is 0.00960. The maximum Gasteiger partial charge on any atom is 0.225 e. The Bertz CT molecular complexity index is 318. The molecule has 0 amide bonds. The molecule has 1 aromatic heterocycles. The Balaban J connectivity index is 2.16. The van der Waals surface area contributed by atoms with Crippen LogP contribution in [0.4, 0.5) is 5.95 Å². The number of anilines is 1. The summed E-state index contributed by atoms with van der Waals surface area (Å²) in [5.41, 5.74) is 0. The normalized spacial score (nSPS) is 21.7. The largest absolute Gasteiger partial charge is 0.394 e. The van der Waals surface area contributed by atoms with Crippen LogP contribution < -0.4 is 10.2 Å². The van der Waals surface area contributed by atoms with E-state index in [2.05, 4.69) is 31.2 Å². The molecule has 0 radical (unpaired) electrons. The molecule has 15 heavy (non-hydrogen) atoms. The van der Waals surface area contributed by atoms with Crippen molar-refractivity contribution in [2.75, 3.05) is 31.1 Å². The number of rotatable bonds is 2. The molecular weight excluding hydrogens is 260 g/mol. The monoisotopic (exact) mass is 272 g/mol. The van der Waals surface area contributed by atoms with Crippen molar-refractivity contribution in [2.45, 2.75) is 6.04 Å². The van der Waals surface area contributed by atoms with Crippen LogP contribution in [0.1, 0.15) is 0 Å². The fourth-order valence-corrected chi connectivity index (χ4v) is 1.85. The number of nitrogens with one attached hydrogen (secondary N) is 1. The van der Waals surface area contributed by atoms with E-state index in [1.165, 1.54) is 0 Å². The number of aromatic nitrogens is 2. The second-order valence-electron chi connectivity index (χ2n) is 3.44. The maximum atomic E-state index is 9.23. The van der Waals surface area contributed by atoms with Crippen molar-refractivity contribution in [2.24, 2.45) is 0 Å². The SMILES string of the molecule is OCC1CNCCN1c1ncc(Br)cn1. The summed E-state index contributed by atoms with van der Waals surface area (Å²) in [4.78, 5) is 10.5. The minimum Gasteiger partial charge on any atom is -0.394 e. The lowest BCUT2D eigenvalue weighted by molar-refractivity contribution is 0.245. The van der Waals surface area contributed by atoms with Crippen LogP contribution in [-0.4, -0.2) is 47.4 Å². The van der Waals surface area contributed by atoms with E-state index in [0.717, 1.165) is 24.1 Å². The van der Waals surface area contributed by atoms with Gasteiger partial charge in [0, 0.05) is 32.0 Å². The van der Waals surface area contributed by atoms with Gasteiger partial charge in [-0.3, -0.25) is 0 Å². The van der Waals surface area contributed by atoms with Gasteiger partial charge in [-0.2, -0.15) is 0 Å². The Morgan fingerprint density at radius 2 is 2.27 bits per heavy atom. The highest BCUT2D eigenvalue weighted by molar-refractivity contribution is 9.10. The van der Waals surface area contributed by atoms with Gasteiger partial charge in [0.25, 0.3) is 0 Å². The maximum absolute atomic E-state index is 9.23. The quantitative estimate of drug-likeness (QED) is 0.795. The van der Waals surface area contributed by atoms with E-state index in [1.54, 1.807) is 12.4 Å². The number of hydrogen-bond donors (Lipinski definition) is 2. The van der Waals surface area contributed by atoms with Gasteiger partial charge in [0.15, 0.2) is 0 Å². The van der Waals surface area contributed by atoms with Gasteiger partial charge in [0.05, 0.1) is 17.1 Å². The van der Waals surface area contributed by atoms with Gasteiger partial charge in [-0.15, -0.1) is 0 Å². The van der Waals surface area contributed by atoms with E-state index in [-0.39, 0.29) is 12.6 Å². The first-order chi connectivity index (χ1) is 7.31. The van der Waals surface area contributed by atoms with Gasteiger partial charge in [-0.25, -0.2) is 9.97 Å². The first-order valence-corrected chi connectivity index (χ1v) is 5.66. The lowest BCUT2D eigenvalue weighted by Gasteiger charge is -2.34. The van der Waals surface area contributed by atoms with E-state index >= 15 is 0 Å². The molecule has 0 bridgehead atoms. The zero-order chi connectivity index (χ0) is 10.7. The van der Waals surface area contributed by atoms with Crippen LogP contribution >= 0.6 is 15.9 Å². The molecule has 0 saturated carbocycles. The summed E-state index contributed by atoms with van der Waals surface area (Å²) in [6.45, 7) is 2.62. The molecule has 1 saturated heterocycles. The molecule has 0 aliphatic carbocycles. The third-order valence-electron chi connectivity index (χ3n) is 2.42. The second kappa shape index (κ2) is 4.87. The summed E-state index contributed by atoms with van der Waals surface area (Å²) in [6.07, 6.45) is 3.44. The summed E-state index contributed by atoms with van der Waals surface area (Å²) in [6, 6.07) is 0.0694. The minimum absolute atomic E-state index is 0.0694. The van der Waals surface area contributed by atoms with Gasteiger partial charge >= 0.3 is 0 Å². The number of hydrogen-bond acceptors (Lipinski definition) is 5. The third kappa shape index (κ3) is 2.45. The van der Waals surface area contributed by atoms with Crippen LogP contribution in [0.5, 0.6) is 0 Å². The molecule has 82 valence electrons. The molecule has 1 aromatic rings. The first-order valence-electron chi connectivity index (χ1n) is 4.87. The molecule has 1 aliphatic rings. The van der Waals surface area contributed by atoms with Crippen molar-refractivity contribution in [3.63, 3.8) is 0 Å². The van der Waals surface area contributed by atoms with Crippen molar-refractivity contribution in [1.29, 1.82) is 0 Å². The first kappa shape index (κ1) is 10.8. The van der Waals surface area contributed by atoms with Crippen molar-refractivity contribution in [3.05, 3.63) is 16.9 Å². The van der Waals surface area contributed by atoms with Crippen LogP contribution in [-0.2, 0) is 0 Å². The highest BCUT2D eigenvalue weighted by atomic mass is 79.9. The fraction of sp³-hybridized carbons (Fsp3) is 0.556. The molecule has 0 spiro atoms. The second-order valence-corrected chi connectivity index (χ2v) is 4.35. The highest BCUT2D eigenvalue weighted by Crippen LogP contribution is 2.14. The van der Waals surface area contributed by atoms with Crippen molar-refractivity contribution < 1.29 is 5.11 Å². The molecule has 6 heteroatoms. The van der Waals surface area contributed by atoms with Crippen LogP contribution in [0.2, 0.25) is 0 Å². The van der Waals surface area contributed by atoms with E-state index in [1.807, 2.05) is 4.90 Å². The molecule has 1 atom stereocenters. The highest BCUT2D eigenvalue weighted by Gasteiger charge is 2.23. The summed E-state index contributed by atoms with van der Waals surface area (Å²) in [7, 11) is 0. The number of halogens is 1. The van der Waals surface area contributed by atoms with Gasteiger partial charge in [0.1, 0.15) is 0 Å². The molecule has 1 unspecified atom stereocenters. The Morgan fingerprint density at radius 3 is 2.93 bits per heavy atom. The molecule has 1 aliphatic heterocycles. The predicted molar refractivity (Wildman–Crippen MR) is 60.8 cm³/mol. The molecule has 2 heterocycles. The van der Waals surface area contributed by atoms with Crippen LogP contribution in [0.25, 0.3) is 0 Å². The number of aliphatic hydroxyl groups is 1. The fourth-order valence-electron chi connectivity index (χ4n) is 1.64. The molecule has 1 fully saturated rings. The van der Waals surface area contributed by atoms with E-state index < -0.39 is 0 Å². The van der Waals surface area contributed by atoms with Crippen LogP contribution in [0, 0.1) is 0 Å². The van der Waals surface area contributed by atoms with Crippen LogP contribution in [0.3, 0.4) is 0 Å². The topological polar surface area (TPSA) is 61.3 Å². The van der Waals surface area contributed by atoms with Crippen LogP contribution in [0.15, 0.2) is 16.9 Å². The van der Waals surface area contributed by atoms with Gasteiger partial charge in [-0.05, 0) is 15.9 Å². The number of piperazine rings is 1. The average molecular weight is 273 g/mol. The Labute approximate surface area is 96.7 Å². The van der Waals surface area contributed by atoms with Gasteiger partial charge in [-0.1, -0.05) is 0 Å². The van der Waals surface area contributed by atoms with E-state index in [4.69, 9.17) is 0 Å². The lowest BCUT2D eigenvalue weighted by Crippen LogP contribution is -2.53. The zero-order valence-corrected chi connectivity index (χ0v) is 9.81. The molecule has 5 nitrogen and oxygen atoms in total. The minimum atomic E-state index is 0.0694. The molecule has 2 rings (SSSR count). The van der Waals surface area contributed by atoms with Crippen molar-refractivity contribution in [3.8, 4) is 0 Å². The summed E-state index contributed by atoms with van der Waals surface area (Å²) >= 11 is 3.30.